The average Bonchev–Trinajstić information content (AvgIpc) is 3.08. The van der Waals surface area contributed by atoms with Crippen molar-refractivity contribution in [2.75, 3.05) is 0 Å². The Morgan fingerprint density at radius 2 is 1.57 bits per heavy atom. The molecule has 0 amide bonds. The van der Waals surface area contributed by atoms with Gasteiger partial charge in [0, 0.05) is 12.3 Å². The molecule has 1 nitrogen and oxygen atoms in total. The van der Waals surface area contributed by atoms with Crippen LogP contribution in [0.1, 0.15) is 112 Å². The summed E-state index contributed by atoms with van der Waals surface area (Å²) in [5.74, 6) is 5.31. The van der Waals surface area contributed by atoms with E-state index in [2.05, 4.69) is 41.5 Å². The van der Waals surface area contributed by atoms with Crippen LogP contribution in [0.4, 0.5) is 0 Å². The smallest absolute Gasteiger partial charge is 0.136 e. The van der Waals surface area contributed by atoms with Gasteiger partial charge in [0.05, 0.1) is 0 Å². The molecule has 0 saturated heterocycles. The zero-order chi connectivity index (χ0) is 20.3. The lowest BCUT2D eigenvalue weighted by atomic mass is 9.42. The summed E-state index contributed by atoms with van der Waals surface area (Å²) in [6, 6.07) is 0. The molecule has 8 atom stereocenters. The summed E-state index contributed by atoms with van der Waals surface area (Å²) < 4.78 is 0. The van der Waals surface area contributed by atoms with Crippen LogP contribution in [0.2, 0.25) is 0 Å². The molecule has 0 aliphatic heterocycles. The van der Waals surface area contributed by atoms with Crippen LogP contribution in [0.25, 0.3) is 0 Å². The predicted octanol–water partition coefficient (Wildman–Crippen LogP) is 7.68. The molecule has 0 radical (unpaired) electrons. The van der Waals surface area contributed by atoms with Gasteiger partial charge in [0.25, 0.3) is 0 Å². The summed E-state index contributed by atoms with van der Waals surface area (Å²) in [5, 5.41) is 0. The maximum absolute atomic E-state index is 12.5. The van der Waals surface area contributed by atoms with E-state index < -0.39 is 0 Å². The Labute approximate surface area is 174 Å². The van der Waals surface area contributed by atoms with Crippen LogP contribution in [0.5, 0.6) is 0 Å². The Hall–Kier alpha value is -0.330. The summed E-state index contributed by atoms with van der Waals surface area (Å²) in [6.45, 7) is 15.2. The summed E-state index contributed by atoms with van der Waals surface area (Å²) in [4.78, 5) is 12.5. The molecule has 0 aromatic carbocycles. The van der Waals surface area contributed by atoms with Gasteiger partial charge in [0.1, 0.15) is 5.78 Å². The molecule has 160 valence electrons. The SMILES string of the molecule is CC(C)CCCC(C)C1CCC2(C)C3CCC4C(=O)CCC4(C)C3CCC12C. The van der Waals surface area contributed by atoms with Gasteiger partial charge in [-0.1, -0.05) is 60.8 Å². The van der Waals surface area contributed by atoms with E-state index in [0.717, 1.165) is 36.0 Å². The lowest BCUT2D eigenvalue weighted by Crippen LogP contribution is -2.56. The van der Waals surface area contributed by atoms with Gasteiger partial charge in [-0.15, -0.1) is 0 Å². The number of ketones is 1. The fraction of sp³-hybridized carbons (Fsp3) is 0.963. The first-order valence-corrected chi connectivity index (χ1v) is 12.7. The summed E-state index contributed by atoms with van der Waals surface area (Å²) >= 11 is 0. The number of carbonyl (C=O) groups excluding carboxylic acids is 1. The van der Waals surface area contributed by atoms with E-state index in [4.69, 9.17) is 0 Å². The molecule has 0 heterocycles. The van der Waals surface area contributed by atoms with E-state index in [1.54, 1.807) is 0 Å². The zero-order valence-corrected chi connectivity index (χ0v) is 19.7. The highest BCUT2D eigenvalue weighted by Crippen LogP contribution is 2.73. The molecule has 0 aromatic rings. The first kappa shape index (κ1) is 20.9. The molecular weight excluding hydrogens is 340 g/mol. The van der Waals surface area contributed by atoms with Gasteiger partial charge >= 0.3 is 0 Å². The Balaban J connectivity index is 1.54. The minimum Gasteiger partial charge on any atom is -0.299 e. The average molecular weight is 387 g/mol. The van der Waals surface area contributed by atoms with Gasteiger partial charge in [-0.2, -0.15) is 0 Å². The van der Waals surface area contributed by atoms with Crippen molar-refractivity contribution in [1.82, 2.24) is 0 Å². The minimum atomic E-state index is 0.325. The van der Waals surface area contributed by atoms with Gasteiger partial charge in [-0.25, -0.2) is 0 Å². The lowest BCUT2D eigenvalue weighted by Gasteiger charge is -2.62. The number of hydrogen-bond donors (Lipinski definition) is 0. The van der Waals surface area contributed by atoms with Crippen LogP contribution >= 0.6 is 0 Å². The van der Waals surface area contributed by atoms with Crippen molar-refractivity contribution in [3.05, 3.63) is 0 Å². The molecular formula is C27H46O. The van der Waals surface area contributed by atoms with Crippen molar-refractivity contribution in [1.29, 1.82) is 0 Å². The molecule has 1 heteroatoms. The topological polar surface area (TPSA) is 17.1 Å². The number of Topliss-reactive ketones (excluding diaryl/α,β-unsaturated/α-hetero) is 1. The van der Waals surface area contributed by atoms with E-state index in [-0.39, 0.29) is 0 Å². The minimum absolute atomic E-state index is 0.325. The van der Waals surface area contributed by atoms with Crippen molar-refractivity contribution in [2.45, 2.75) is 112 Å². The Morgan fingerprint density at radius 1 is 0.857 bits per heavy atom. The van der Waals surface area contributed by atoms with E-state index >= 15 is 0 Å². The fourth-order valence-electron chi connectivity index (χ4n) is 9.32. The van der Waals surface area contributed by atoms with Gasteiger partial charge < -0.3 is 0 Å². The molecule has 0 bridgehead atoms. The van der Waals surface area contributed by atoms with Crippen LogP contribution < -0.4 is 0 Å². The Bertz CT molecular complexity index is 607. The van der Waals surface area contributed by atoms with E-state index in [9.17, 15) is 4.79 Å². The first-order chi connectivity index (χ1) is 13.1. The standard InChI is InChI=1S/C27H46O/c1-18(2)8-7-9-19(3)20-12-16-27(6)22-10-11-23-24(28)14-15-25(23,4)21(22)13-17-26(20,27)5/h18-23H,7-17H2,1-6H3. The second-order valence-electron chi connectivity index (χ2n) is 12.6. The third-order valence-electron chi connectivity index (χ3n) is 11.2. The van der Waals surface area contributed by atoms with Crippen molar-refractivity contribution in [3.63, 3.8) is 0 Å². The van der Waals surface area contributed by atoms with Crippen LogP contribution in [-0.2, 0) is 4.79 Å². The van der Waals surface area contributed by atoms with E-state index in [1.807, 2.05) is 0 Å². The van der Waals surface area contributed by atoms with Gasteiger partial charge in [-0.3, -0.25) is 4.79 Å². The molecule has 0 spiro atoms. The lowest BCUT2D eigenvalue weighted by molar-refractivity contribution is -0.149. The molecule has 8 unspecified atom stereocenters. The summed E-state index contributed by atoms with van der Waals surface area (Å²) in [5.41, 5.74) is 1.36. The van der Waals surface area contributed by atoms with Crippen molar-refractivity contribution >= 4 is 5.78 Å². The molecule has 4 aliphatic carbocycles. The number of fused-ring (bicyclic) bond motifs is 5. The van der Waals surface area contributed by atoms with Gasteiger partial charge in [-0.05, 0) is 90.8 Å². The van der Waals surface area contributed by atoms with Gasteiger partial charge in [0.15, 0.2) is 0 Å². The molecule has 0 aromatic heterocycles. The Kier molecular flexibility index (Phi) is 5.32. The highest BCUT2D eigenvalue weighted by Gasteiger charge is 2.66. The van der Waals surface area contributed by atoms with E-state index in [1.165, 1.54) is 64.2 Å². The first-order valence-electron chi connectivity index (χ1n) is 12.7. The predicted molar refractivity (Wildman–Crippen MR) is 118 cm³/mol. The molecule has 4 aliphatic rings. The highest BCUT2D eigenvalue weighted by molar-refractivity contribution is 5.84. The van der Waals surface area contributed by atoms with Crippen LogP contribution in [0.15, 0.2) is 0 Å². The molecule has 4 rings (SSSR count). The van der Waals surface area contributed by atoms with Crippen molar-refractivity contribution in [3.8, 4) is 0 Å². The van der Waals surface area contributed by atoms with Gasteiger partial charge in [0.2, 0.25) is 0 Å². The van der Waals surface area contributed by atoms with Crippen LogP contribution in [0, 0.1) is 51.8 Å². The van der Waals surface area contributed by atoms with Crippen molar-refractivity contribution < 1.29 is 4.79 Å². The third-order valence-corrected chi connectivity index (χ3v) is 11.2. The fourth-order valence-corrected chi connectivity index (χ4v) is 9.32. The molecule has 0 N–H and O–H groups in total. The molecule has 4 fully saturated rings. The Morgan fingerprint density at radius 3 is 2.29 bits per heavy atom. The molecule has 28 heavy (non-hydrogen) atoms. The number of hydrogen-bond acceptors (Lipinski definition) is 1. The van der Waals surface area contributed by atoms with E-state index in [0.29, 0.717) is 27.9 Å². The normalized spacial score (nSPS) is 49.0. The van der Waals surface area contributed by atoms with Crippen LogP contribution in [0.3, 0.4) is 0 Å². The van der Waals surface area contributed by atoms with Crippen molar-refractivity contribution in [2.24, 2.45) is 51.8 Å². The maximum atomic E-state index is 12.5. The molecule has 4 saturated carbocycles. The highest BCUT2D eigenvalue weighted by atomic mass is 16.1. The maximum Gasteiger partial charge on any atom is 0.136 e. The number of rotatable bonds is 5. The third kappa shape index (κ3) is 2.88. The second-order valence-corrected chi connectivity index (χ2v) is 12.6. The second kappa shape index (κ2) is 7.12. The summed E-state index contributed by atoms with van der Waals surface area (Å²) in [6.07, 6.45) is 14.5. The summed E-state index contributed by atoms with van der Waals surface area (Å²) in [7, 11) is 0. The monoisotopic (exact) mass is 386 g/mol. The number of carbonyl (C=O) groups is 1. The quantitative estimate of drug-likeness (QED) is 0.473. The zero-order valence-electron chi connectivity index (χ0n) is 19.7. The van der Waals surface area contributed by atoms with Crippen LogP contribution in [-0.4, -0.2) is 5.78 Å². The largest absolute Gasteiger partial charge is 0.299 e.